The Morgan fingerprint density at radius 3 is 2.46 bits per heavy atom. The fourth-order valence-corrected chi connectivity index (χ4v) is 4.35. The molecule has 3 amide bonds. The molecule has 1 unspecified atom stereocenters. The lowest BCUT2D eigenvalue weighted by atomic mass is 9.81. The summed E-state index contributed by atoms with van der Waals surface area (Å²) in [6.45, 7) is 6.65. The highest BCUT2D eigenvalue weighted by molar-refractivity contribution is 6.33. The molecule has 7 nitrogen and oxygen atoms in total. The number of rotatable bonds is 2. The number of nitrogens with two attached hydrogens (primary N) is 2. The van der Waals surface area contributed by atoms with Gasteiger partial charge in [0.2, 0.25) is 0 Å². The second-order valence-electron chi connectivity index (χ2n) is 7.93. The fourth-order valence-electron chi connectivity index (χ4n) is 3.97. The Kier molecular flexibility index (Phi) is 4.86. The van der Waals surface area contributed by atoms with Crippen molar-refractivity contribution in [1.82, 2.24) is 9.47 Å². The van der Waals surface area contributed by atoms with Gasteiger partial charge in [0.05, 0.1) is 28.9 Å². The zero-order chi connectivity index (χ0) is 20.8. The summed E-state index contributed by atoms with van der Waals surface area (Å²) in [5, 5.41) is 9.58. The van der Waals surface area contributed by atoms with Crippen molar-refractivity contribution in [2.45, 2.75) is 33.4 Å². The van der Waals surface area contributed by atoms with Gasteiger partial charge < -0.3 is 20.9 Å². The van der Waals surface area contributed by atoms with E-state index in [0.717, 1.165) is 0 Å². The topological polar surface area (TPSA) is 118 Å². The van der Waals surface area contributed by atoms with E-state index in [4.69, 9.17) is 23.1 Å². The lowest BCUT2D eigenvalue weighted by Crippen LogP contribution is -2.49. The number of hydrogen-bond donors (Lipinski definition) is 2. The molecule has 1 atom stereocenters. The summed E-state index contributed by atoms with van der Waals surface area (Å²) < 4.78 is 1.82. The van der Waals surface area contributed by atoms with Gasteiger partial charge in [-0.3, -0.25) is 4.79 Å². The fraction of sp³-hybridized carbons (Fsp3) is 0.350. The van der Waals surface area contributed by atoms with Gasteiger partial charge in [0.25, 0.3) is 5.91 Å². The molecule has 0 aliphatic carbocycles. The molecule has 0 radical (unpaired) electrons. The first kappa shape index (κ1) is 19.8. The highest BCUT2D eigenvalue weighted by Gasteiger charge is 2.43. The summed E-state index contributed by atoms with van der Waals surface area (Å²) in [7, 11) is 0. The molecule has 8 heteroatoms. The highest BCUT2D eigenvalue weighted by Crippen LogP contribution is 2.47. The van der Waals surface area contributed by atoms with Gasteiger partial charge in [-0.2, -0.15) is 5.26 Å². The lowest BCUT2D eigenvalue weighted by molar-refractivity contribution is 0.0919. The van der Waals surface area contributed by atoms with E-state index in [1.165, 1.54) is 0 Å². The summed E-state index contributed by atoms with van der Waals surface area (Å²) in [5.74, 6) is -0.645. The molecular formula is C20H22ClN5O2. The number of urea groups is 1. The molecule has 2 heterocycles. The first-order valence-corrected chi connectivity index (χ1v) is 9.24. The van der Waals surface area contributed by atoms with Crippen LogP contribution in [0.3, 0.4) is 0 Å². The summed E-state index contributed by atoms with van der Waals surface area (Å²) in [4.78, 5) is 26.2. The average Bonchev–Trinajstić information content (AvgIpc) is 2.93. The highest BCUT2D eigenvalue weighted by atomic mass is 35.5. The molecule has 1 aromatic carbocycles. The number of primary amides is 2. The van der Waals surface area contributed by atoms with Crippen molar-refractivity contribution in [3.63, 3.8) is 0 Å². The number of carbonyl (C=O) groups excluding carboxylic acids is 2. The maximum absolute atomic E-state index is 12.5. The maximum atomic E-state index is 12.5. The van der Waals surface area contributed by atoms with Crippen LogP contribution in [0.5, 0.6) is 0 Å². The van der Waals surface area contributed by atoms with Gasteiger partial charge in [0.1, 0.15) is 5.15 Å². The van der Waals surface area contributed by atoms with Crippen LogP contribution in [0.4, 0.5) is 4.79 Å². The Morgan fingerprint density at radius 2 is 1.93 bits per heavy atom. The van der Waals surface area contributed by atoms with E-state index >= 15 is 0 Å². The first-order valence-electron chi connectivity index (χ1n) is 8.86. The van der Waals surface area contributed by atoms with Crippen LogP contribution in [0.25, 0.3) is 11.1 Å². The van der Waals surface area contributed by atoms with Gasteiger partial charge in [-0.15, -0.1) is 0 Å². The van der Waals surface area contributed by atoms with E-state index in [1.54, 1.807) is 29.2 Å². The molecule has 0 spiro atoms. The summed E-state index contributed by atoms with van der Waals surface area (Å²) in [5.41, 5.74) is 13.3. The van der Waals surface area contributed by atoms with Crippen LogP contribution in [0, 0.1) is 16.7 Å². The van der Waals surface area contributed by atoms with E-state index in [-0.39, 0.29) is 5.56 Å². The molecule has 3 rings (SSSR count). The molecular weight excluding hydrogens is 378 g/mol. The number of hydrogen-bond acceptors (Lipinski definition) is 3. The zero-order valence-corrected chi connectivity index (χ0v) is 16.7. The average molecular weight is 400 g/mol. The molecule has 0 fully saturated rings. The summed E-state index contributed by atoms with van der Waals surface area (Å²) in [6, 6.07) is 7.88. The second kappa shape index (κ2) is 6.88. The van der Waals surface area contributed by atoms with Crippen molar-refractivity contribution in [3.8, 4) is 17.2 Å². The molecule has 28 heavy (non-hydrogen) atoms. The SMILES string of the molecule is CC(C)(C)C1c2c(C(N)=O)c(-c3cccc(C#N)c3)c(Cl)n2CCN1C(N)=O. The molecule has 0 bridgehead atoms. The molecule has 2 aromatic rings. The molecule has 4 N–H and O–H groups in total. The lowest BCUT2D eigenvalue weighted by Gasteiger charge is -2.43. The number of nitriles is 1. The maximum Gasteiger partial charge on any atom is 0.315 e. The molecule has 146 valence electrons. The van der Waals surface area contributed by atoms with Crippen LogP contribution in [0.15, 0.2) is 24.3 Å². The minimum absolute atomic E-state index is 0.256. The van der Waals surface area contributed by atoms with Gasteiger partial charge in [-0.1, -0.05) is 44.5 Å². The van der Waals surface area contributed by atoms with Crippen molar-refractivity contribution < 1.29 is 9.59 Å². The number of aromatic nitrogens is 1. The van der Waals surface area contributed by atoms with E-state index in [0.29, 0.717) is 40.6 Å². The molecule has 1 aromatic heterocycles. The van der Waals surface area contributed by atoms with Gasteiger partial charge in [-0.05, 0) is 23.1 Å². The van der Waals surface area contributed by atoms with Crippen LogP contribution >= 0.6 is 11.6 Å². The Bertz CT molecular complexity index is 1010. The summed E-state index contributed by atoms with van der Waals surface area (Å²) >= 11 is 6.70. The van der Waals surface area contributed by atoms with Gasteiger partial charge in [-0.25, -0.2) is 4.79 Å². The van der Waals surface area contributed by atoms with Gasteiger partial charge >= 0.3 is 6.03 Å². The van der Waals surface area contributed by atoms with Crippen molar-refractivity contribution in [2.75, 3.05) is 6.54 Å². The third-order valence-electron chi connectivity index (χ3n) is 5.01. The molecule has 1 aliphatic heterocycles. The van der Waals surface area contributed by atoms with Crippen LogP contribution in [0.1, 0.15) is 48.4 Å². The van der Waals surface area contributed by atoms with Crippen LogP contribution in [-0.2, 0) is 6.54 Å². The van der Waals surface area contributed by atoms with E-state index < -0.39 is 23.4 Å². The van der Waals surface area contributed by atoms with Gasteiger partial charge in [0.15, 0.2) is 0 Å². The second-order valence-corrected chi connectivity index (χ2v) is 8.29. The van der Waals surface area contributed by atoms with Crippen LogP contribution < -0.4 is 11.5 Å². The normalized spacial score (nSPS) is 16.4. The standard InChI is InChI=1S/C20H22ClN5O2/c1-20(2,3)16-15-14(18(23)27)13(12-6-4-5-11(9-12)10-22)17(21)25(15)7-8-26(16)19(24)28/h4-6,9,16H,7-8H2,1-3H3,(H2,23,27)(H2,24,28). The quantitative estimate of drug-likeness (QED) is 0.806. The Labute approximate surface area is 168 Å². The van der Waals surface area contributed by atoms with Crippen molar-refractivity contribution in [1.29, 1.82) is 5.26 Å². The zero-order valence-electron chi connectivity index (χ0n) is 16.0. The first-order chi connectivity index (χ1) is 13.1. The number of benzene rings is 1. The van der Waals surface area contributed by atoms with Crippen molar-refractivity contribution in [3.05, 3.63) is 46.2 Å². The summed E-state index contributed by atoms with van der Waals surface area (Å²) in [6.07, 6.45) is 0. The Hall–Kier alpha value is -2.98. The minimum atomic E-state index is -0.645. The number of halogens is 1. The Morgan fingerprint density at radius 1 is 1.25 bits per heavy atom. The van der Waals surface area contributed by atoms with Crippen LogP contribution in [-0.4, -0.2) is 28.0 Å². The smallest absolute Gasteiger partial charge is 0.315 e. The third-order valence-corrected chi connectivity index (χ3v) is 5.40. The molecule has 1 aliphatic rings. The minimum Gasteiger partial charge on any atom is -0.366 e. The van der Waals surface area contributed by atoms with Crippen molar-refractivity contribution >= 4 is 23.5 Å². The van der Waals surface area contributed by atoms with Gasteiger partial charge in [0, 0.05) is 18.7 Å². The van der Waals surface area contributed by atoms with E-state index in [1.807, 2.05) is 25.3 Å². The third kappa shape index (κ3) is 3.10. The van der Waals surface area contributed by atoms with Crippen LogP contribution in [0.2, 0.25) is 5.15 Å². The predicted octanol–water partition coefficient (Wildman–Crippen LogP) is 3.26. The largest absolute Gasteiger partial charge is 0.366 e. The van der Waals surface area contributed by atoms with E-state index in [2.05, 4.69) is 6.07 Å². The number of amides is 3. The number of nitrogens with zero attached hydrogens (tertiary/aromatic N) is 3. The Balaban J connectivity index is 2.37. The van der Waals surface area contributed by atoms with Crippen molar-refractivity contribution in [2.24, 2.45) is 16.9 Å². The number of carbonyl (C=O) groups is 2. The van der Waals surface area contributed by atoms with E-state index in [9.17, 15) is 14.9 Å². The predicted molar refractivity (Wildman–Crippen MR) is 107 cm³/mol. The monoisotopic (exact) mass is 399 g/mol. The molecule has 0 saturated carbocycles. The molecule has 0 saturated heterocycles. The number of fused-ring (bicyclic) bond motifs is 1.